The van der Waals surface area contributed by atoms with Gasteiger partial charge in [-0.3, -0.25) is 4.98 Å². The molecule has 0 saturated carbocycles. The third-order valence-electron chi connectivity index (χ3n) is 9.13. The molecule has 6 aromatic rings. The number of hydrogen-bond acceptors (Lipinski definition) is 5. The average molecular weight is 607 g/mol. The highest BCUT2D eigenvalue weighted by Crippen LogP contribution is 2.48. The van der Waals surface area contributed by atoms with Crippen LogP contribution in [0.2, 0.25) is 0 Å². The Morgan fingerprint density at radius 3 is 2.04 bits per heavy atom. The first kappa shape index (κ1) is 27.4. The molecule has 1 aliphatic heterocycles. The van der Waals surface area contributed by atoms with Crippen molar-refractivity contribution >= 4 is 17.7 Å². The Kier molecular flexibility index (Phi) is 6.67. The van der Waals surface area contributed by atoms with E-state index < -0.39 is 0 Å². The molecule has 5 nitrogen and oxygen atoms in total. The number of aromatic nitrogens is 4. The van der Waals surface area contributed by atoms with Crippen molar-refractivity contribution in [2.75, 3.05) is 0 Å². The summed E-state index contributed by atoms with van der Waals surface area (Å²) < 4.78 is 6.68. The molecule has 4 aromatic carbocycles. The topological polar surface area (TPSA) is 60.8 Å². The fourth-order valence-corrected chi connectivity index (χ4v) is 6.79. The molecule has 2 unspecified atom stereocenters. The summed E-state index contributed by atoms with van der Waals surface area (Å²) in [6.07, 6.45) is 15.0. The highest BCUT2D eigenvalue weighted by Gasteiger charge is 2.37. The van der Waals surface area contributed by atoms with Gasteiger partial charge in [-0.25, -0.2) is 15.0 Å². The van der Waals surface area contributed by atoms with Gasteiger partial charge in [-0.1, -0.05) is 115 Å². The average Bonchev–Trinajstić information content (AvgIpc) is 3.51. The van der Waals surface area contributed by atoms with Crippen molar-refractivity contribution in [3.8, 4) is 51.0 Å². The molecule has 3 heterocycles. The first-order valence-corrected chi connectivity index (χ1v) is 16.1. The molecule has 47 heavy (non-hydrogen) atoms. The minimum atomic E-state index is -0.164. The normalized spacial score (nSPS) is 17.3. The molecule has 0 fully saturated rings. The van der Waals surface area contributed by atoms with Crippen LogP contribution >= 0.6 is 0 Å². The minimum Gasteiger partial charge on any atom is -0.485 e. The number of benzene rings is 4. The molecule has 0 radical (unpaired) electrons. The number of hydrogen-bond donors (Lipinski definition) is 0. The molecular weight excluding hydrogens is 576 g/mol. The van der Waals surface area contributed by atoms with E-state index in [1.165, 1.54) is 11.1 Å². The lowest BCUT2D eigenvalue weighted by atomic mass is 9.86. The Labute approximate surface area is 273 Å². The Hall–Kier alpha value is -5.94. The molecule has 2 aromatic heterocycles. The van der Waals surface area contributed by atoms with Crippen LogP contribution in [0.5, 0.6) is 5.75 Å². The van der Waals surface area contributed by atoms with Crippen LogP contribution in [0.15, 0.2) is 134 Å². The summed E-state index contributed by atoms with van der Waals surface area (Å²) in [6, 6.07) is 37.6. The number of pyridine rings is 1. The zero-order valence-corrected chi connectivity index (χ0v) is 25.6. The summed E-state index contributed by atoms with van der Waals surface area (Å²) in [6.45, 7) is 0. The second-order valence-electron chi connectivity index (χ2n) is 12.1. The fraction of sp³-hybridized carbons (Fsp3) is 0.0952. The zero-order chi connectivity index (χ0) is 31.2. The van der Waals surface area contributed by atoms with Crippen molar-refractivity contribution in [1.82, 2.24) is 19.9 Å². The van der Waals surface area contributed by atoms with Gasteiger partial charge in [0, 0.05) is 34.4 Å². The van der Waals surface area contributed by atoms with E-state index >= 15 is 0 Å². The van der Waals surface area contributed by atoms with Crippen molar-refractivity contribution in [2.45, 2.75) is 24.9 Å². The van der Waals surface area contributed by atoms with Crippen molar-refractivity contribution in [3.63, 3.8) is 0 Å². The van der Waals surface area contributed by atoms with Gasteiger partial charge < -0.3 is 4.74 Å². The summed E-state index contributed by atoms with van der Waals surface area (Å²) in [5.74, 6) is 2.74. The Balaban J connectivity index is 1.25. The van der Waals surface area contributed by atoms with Gasteiger partial charge >= 0.3 is 0 Å². The lowest BCUT2D eigenvalue weighted by molar-refractivity contribution is 0.288. The van der Waals surface area contributed by atoms with E-state index in [0.29, 0.717) is 17.5 Å². The minimum absolute atomic E-state index is 0.00183. The largest absolute Gasteiger partial charge is 0.485 e. The van der Waals surface area contributed by atoms with E-state index in [1.54, 1.807) is 0 Å². The predicted octanol–water partition coefficient (Wildman–Crippen LogP) is 7.79. The number of nitrogens with zero attached hydrogens (tertiary/aromatic N) is 4. The van der Waals surface area contributed by atoms with Crippen molar-refractivity contribution in [2.24, 2.45) is 0 Å². The van der Waals surface area contributed by atoms with Crippen LogP contribution in [0.4, 0.5) is 0 Å². The van der Waals surface area contributed by atoms with Gasteiger partial charge in [0.25, 0.3) is 0 Å². The number of ether oxygens (including phenoxy) is 1. The maximum atomic E-state index is 6.68. The molecule has 224 valence electrons. The summed E-state index contributed by atoms with van der Waals surface area (Å²) >= 11 is 0. The van der Waals surface area contributed by atoms with E-state index in [1.807, 2.05) is 48.7 Å². The monoisotopic (exact) mass is 606 g/mol. The number of allylic oxidation sites excluding steroid dienone is 4. The molecule has 9 rings (SSSR count). The first-order chi connectivity index (χ1) is 23.3. The molecule has 0 saturated heterocycles. The molecule has 3 aliphatic rings. The molecule has 0 spiro atoms. The molecule has 0 N–H and O–H groups in total. The number of fused-ring (bicyclic) bond motifs is 4. The molecule has 0 amide bonds. The van der Waals surface area contributed by atoms with Gasteiger partial charge in [-0.05, 0) is 64.6 Å². The summed E-state index contributed by atoms with van der Waals surface area (Å²) in [5, 5.41) is 2.05. The predicted molar refractivity (Wildman–Crippen MR) is 187 cm³/mol. The third kappa shape index (κ3) is 5.06. The van der Waals surface area contributed by atoms with Gasteiger partial charge in [0.15, 0.2) is 17.5 Å². The van der Waals surface area contributed by atoms with E-state index in [2.05, 4.69) is 102 Å². The van der Waals surface area contributed by atoms with Crippen molar-refractivity contribution in [1.29, 1.82) is 0 Å². The van der Waals surface area contributed by atoms with Crippen molar-refractivity contribution < 1.29 is 4.74 Å². The van der Waals surface area contributed by atoms with Gasteiger partial charge in [-0.15, -0.1) is 0 Å². The Bertz CT molecular complexity index is 2330. The Morgan fingerprint density at radius 2 is 1.30 bits per heavy atom. The molecule has 5 heteroatoms. The lowest BCUT2D eigenvalue weighted by Gasteiger charge is -2.17. The first-order valence-electron chi connectivity index (χ1n) is 16.1. The van der Waals surface area contributed by atoms with Crippen LogP contribution in [0.3, 0.4) is 0 Å². The van der Waals surface area contributed by atoms with Gasteiger partial charge in [0.1, 0.15) is 11.9 Å². The molecule has 2 aliphatic carbocycles. The van der Waals surface area contributed by atoms with E-state index in [4.69, 9.17) is 19.7 Å². The van der Waals surface area contributed by atoms with Crippen LogP contribution in [-0.4, -0.2) is 26.0 Å². The van der Waals surface area contributed by atoms with Gasteiger partial charge in [0.2, 0.25) is 0 Å². The highest BCUT2D eigenvalue weighted by atomic mass is 16.5. The van der Waals surface area contributed by atoms with Crippen LogP contribution in [0, 0.1) is 0 Å². The molecular formula is C42H30N4O. The van der Waals surface area contributed by atoms with Crippen LogP contribution in [-0.2, 0) is 0 Å². The summed E-state index contributed by atoms with van der Waals surface area (Å²) in [7, 11) is 0. The third-order valence-corrected chi connectivity index (χ3v) is 9.13. The number of rotatable bonds is 5. The maximum Gasteiger partial charge on any atom is 0.164 e. The van der Waals surface area contributed by atoms with E-state index in [9.17, 15) is 0 Å². The standard InChI is InChI=1S/C42H30N4O/c1-4-11-27(12-5-1)29-18-20-31(21-19-29)41-44-40(30-15-8-3-9-16-30)45-42(46-41)35-24-33(28-13-6-2-7-14-28)25-38-39(35)34-23-32-17-10-22-43-36(32)26-37(34)47-38/h2-4,6-26,34,37H,1,5H2. The van der Waals surface area contributed by atoms with Crippen LogP contribution < -0.4 is 15.3 Å². The van der Waals surface area contributed by atoms with Gasteiger partial charge in [0.05, 0.1) is 5.35 Å². The van der Waals surface area contributed by atoms with E-state index in [-0.39, 0.29) is 12.0 Å². The highest BCUT2D eigenvalue weighted by molar-refractivity contribution is 5.81. The van der Waals surface area contributed by atoms with Crippen LogP contribution in [0.1, 0.15) is 29.9 Å². The summed E-state index contributed by atoms with van der Waals surface area (Å²) in [5.41, 5.74) is 8.51. The van der Waals surface area contributed by atoms with E-state index in [0.717, 1.165) is 62.5 Å². The smallest absolute Gasteiger partial charge is 0.164 e. The van der Waals surface area contributed by atoms with Crippen molar-refractivity contribution in [3.05, 3.63) is 155 Å². The molecule has 2 atom stereocenters. The lowest BCUT2D eigenvalue weighted by Crippen LogP contribution is -2.36. The zero-order valence-electron chi connectivity index (χ0n) is 25.6. The SMILES string of the molecule is C1=CC(c2ccc(-c3nc(-c4ccccc4)nc(-c4cc(-c5ccccc5)cc5c4C4C=c6cccnc6=CC4O5)n3)cc2)=CCC1. The van der Waals surface area contributed by atoms with Crippen LogP contribution in [0.25, 0.3) is 63.0 Å². The molecule has 0 bridgehead atoms. The second kappa shape index (κ2) is 11.5. The second-order valence-corrected chi connectivity index (χ2v) is 12.1. The summed E-state index contributed by atoms with van der Waals surface area (Å²) in [4.78, 5) is 20.0. The quantitative estimate of drug-likeness (QED) is 0.201. The Morgan fingerprint density at radius 1 is 0.596 bits per heavy atom. The fourth-order valence-electron chi connectivity index (χ4n) is 6.79. The van der Waals surface area contributed by atoms with Gasteiger partial charge in [-0.2, -0.15) is 0 Å². The maximum absolute atomic E-state index is 6.68.